The van der Waals surface area contributed by atoms with E-state index in [9.17, 15) is 18.0 Å². The van der Waals surface area contributed by atoms with Crippen LogP contribution in [0.15, 0.2) is 18.2 Å². The summed E-state index contributed by atoms with van der Waals surface area (Å²) in [5, 5.41) is -0.965. The lowest BCUT2D eigenvalue weighted by molar-refractivity contribution is -0.137. The van der Waals surface area contributed by atoms with Crippen molar-refractivity contribution in [2.24, 2.45) is 0 Å². The van der Waals surface area contributed by atoms with Crippen molar-refractivity contribution in [1.29, 1.82) is 0 Å². The molecule has 0 saturated carbocycles. The molecular weight excluding hydrogens is 264 g/mol. The molecule has 0 bridgehead atoms. The topological polar surface area (TPSA) is 17.1 Å². The van der Waals surface area contributed by atoms with Crippen LogP contribution in [0, 0.1) is 0 Å². The quantitative estimate of drug-likeness (QED) is 0.582. The lowest BCUT2D eigenvalue weighted by Crippen LogP contribution is -2.18. The van der Waals surface area contributed by atoms with Crippen LogP contribution >= 0.6 is 23.2 Å². The van der Waals surface area contributed by atoms with Crippen LogP contribution in [0.3, 0.4) is 0 Å². The first kappa shape index (κ1) is 13.3. The van der Waals surface area contributed by atoms with Crippen LogP contribution < -0.4 is 0 Å². The van der Waals surface area contributed by atoms with Gasteiger partial charge >= 0.3 is 6.18 Å². The normalized spacial score (nSPS) is 13.6. The molecule has 0 radical (unpaired) electrons. The maximum Gasteiger partial charge on any atom is 0.417 e. The van der Waals surface area contributed by atoms with Gasteiger partial charge in [0.15, 0.2) is 5.78 Å². The molecule has 1 rings (SSSR count). The van der Waals surface area contributed by atoms with E-state index in [1.807, 2.05) is 0 Å². The van der Waals surface area contributed by atoms with Crippen molar-refractivity contribution in [3.05, 3.63) is 34.3 Å². The zero-order chi connectivity index (χ0) is 12.5. The highest BCUT2D eigenvalue weighted by atomic mass is 35.5. The van der Waals surface area contributed by atoms with Gasteiger partial charge in [-0.15, -0.1) is 11.6 Å². The number of ketones is 1. The molecule has 1 aromatic rings. The van der Waals surface area contributed by atoms with Crippen molar-refractivity contribution in [2.45, 2.75) is 18.5 Å². The third kappa shape index (κ3) is 2.89. The molecule has 0 heterocycles. The second kappa shape index (κ2) is 4.63. The third-order valence-electron chi connectivity index (χ3n) is 1.91. The highest BCUT2D eigenvalue weighted by molar-refractivity contribution is 6.35. The summed E-state index contributed by atoms with van der Waals surface area (Å²) >= 11 is 11.0. The van der Waals surface area contributed by atoms with Crippen LogP contribution in [0.1, 0.15) is 22.8 Å². The van der Waals surface area contributed by atoms with Gasteiger partial charge in [-0.3, -0.25) is 4.79 Å². The van der Waals surface area contributed by atoms with Gasteiger partial charge in [-0.05, 0) is 25.1 Å². The zero-order valence-electron chi connectivity index (χ0n) is 8.11. The van der Waals surface area contributed by atoms with E-state index in [-0.39, 0.29) is 5.02 Å². The summed E-state index contributed by atoms with van der Waals surface area (Å²) in [5.41, 5.74) is -1.52. The minimum absolute atomic E-state index is 0.0636. The summed E-state index contributed by atoms with van der Waals surface area (Å²) in [5.74, 6) is -0.795. The van der Waals surface area contributed by atoms with Crippen molar-refractivity contribution >= 4 is 29.0 Å². The van der Waals surface area contributed by atoms with Gasteiger partial charge in [0, 0.05) is 10.6 Å². The van der Waals surface area contributed by atoms with Gasteiger partial charge in [-0.25, -0.2) is 0 Å². The van der Waals surface area contributed by atoms with Gasteiger partial charge in [-0.1, -0.05) is 11.6 Å². The smallest absolute Gasteiger partial charge is 0.293 e. The first-order valence-corrected chi connectivity index (χ1v) is 5.10. The summed E-state index contributed by atoms with van der Waals surface area (Å²) < 4.78 is 37.7. The number of halogens is 5. The van der Waals surface area contributed by atoms with E-state index in [1.165, 1.54) is 6.92 Å². The van der Waals surface area contributed by atoms with Crippen LogP contribution in [0.25, 0.3) is 0 Å². The summed E-state index contributed by atoms with van der Waals surface area (Å²) in [6, 6.07) is 2.83. The fraction of sp³-hybridized carbons (Fsp3) is 0.300. The SMILES string of the molecule is CC(Cl)C(=O)c1cc(Cl)ccc1C(F)(F)F. The molecule has 0 fully saturated rings. The van der Waals surface area contributed by atoms with Crippen LogP contribution in [-0.4, -0.2) is 11.2 Å². The van der Waals surface area contributed by atoms with E-state index in [1.54, 1.807) is 0 Å². The van der Waals surface area contributed by atoms with Crippen LogP contribution in [-0.2, 0) is 6.18 Å². The molecule has 0 N–H and O–H groups in total. The Bertz CT molecular complexity index is 413. The molecule has 6 heteroatoms. The van der Waals surface area contributed by atoms with E-state index in [0.717, 1.165) is 18.2 Å². The van der Waals surface area contributed by atoms with Crippen molar-refractivity contribution in [3.8, 4) is 0 Å². The number of benzene rings is 1. The van der Waals surface area contributed by atoms with E-state index in [0.29, 0.717) is 0 Å². The van der Waals surface area contributed by atoms with Crippen molar-refractivity contribution in [3.63, 3.8) is 0 Å². The second-order valence-electron chi connectivity index (χ2n) is 3.17. The van der Waals surface area contributed by atoms with Crippen molar-refractivity contribution in [2.75, 3.05) is 0 Å². The first-order valence-electron chi connectivity index (χ1n) is 4.28. The molecule has 88 valence electrons. The summed E-state index contributed by atoms with van der Waals surface area (Å²) in [6.07, 6.45) is -4.60. The summed E-state index contributed by atoms with van der Waals surface area (Å²) in [7, 11) is 0. The van der Waals surface area contributed by atoms with E-state index < -0.39 is 28.5 Å². The molecule has 0 aliphatic heterocycles. The Morgan fingerprint density at radius 1 is 1.38 bits per heavy atom. The molecule has 0 amide bonds. The van der Waals surface area contributed by atoms with E-state index in [2.05, 4.69) is 0 Å². The minimum atomic E-state index is -4.60. The average Bonchev–Trinajstić information content (AvgIpc) is 2.14. The fourth-order valence-electron chi connectivity index (χ4n) is 1.18. The lowest BCUT2D eigenvalue weighted by atomic mass is 10.0. The standard InChI is InChI=1S/C10H7Cl2F3O/c1-5(11)9(16)7-4-6(12)2-3-8(7)10(13,14)15/h2-5H,1H3. The Hall–Kier alpha value is -0.740. The molecule has 0 spiro atoms. The fourth-order valence-corrected chi connectivity index (χ4v) is 1.47. The number of hydrogen-bond acceptors (Lipinski definition) is 1. The van der Waals surface area contributed by atoms with Gasteiger partial charge in [0.05, 0.1) is 10.9 Å². The summed E-state index contributed by atoms with van der Waals surface area (Å²) in [4.78, 5) is 11.5. The third-order valence-corrected chi connectivity index (χ3v) is 2.35. The molecule has 1 nitrogen and oxygen atoms in total. The lowest BCUT2D eigenvalue weighted by Gasteiger charge is -2.13. The Kier molecular flexibility index (Phi) is 3.86. The second-order valence-corrected chi connectivity index (χ2v) is 4.26. The predicted octanol–water partition coefficient (Wildman–Crippen LogP) is 4.17. The molecule has 1 atom stereocenters. The average molecular weight is 271 g/mol. The molecule has 1 unspecified atom stereocenters. The van der Waals surface area contributed by atoms with E-state index in [4.69, 9.17) is 23.2 Å². The van der Waals surface area contributed by atoms with Gasteiger partial charge in [0.25, 0.3) is 0 Å². The molecular formula is C10H7Cl2F3O. The number of Topliss-reactive ketones (excluding diaryl/α,β-unsaturated/α-hetero) is 1. The number of carbonyl (C=O) groups is 1. The highest BCUT2D eigenvalue weighted by Crippen LogP contribution is 2.34. The van der Waals surface area contributed by atoms with Crippen LogP contribution in [0.4, 0.5) is 13.2 Å². The summed E-state index contributed by atoms with van der Waals surface area (Å²) in [6.45, 7) is 1.31. The van der Waals surface area contributed by atoms with Crippen LogP contribution in [0.2, 0.25) is 5.02 Å². The monoisotopic (exact) mass is 270 g/mol. The number of hydrogen-bond donors (Lipinski definition) is 0. The maximum atomic E-state index is 12.6. The zero-order valence-corrected chi connectivity index (χ0v) is 9.62. The molecule has 0 saturated heterocycles. The molecule has 0 aliphatic carbocycles. The predicted molar refractivity (Wildman–Crippen MR) is 56.1 cm³/mol. The molecule has 16 heavy (non-hydrogen) atoms. The first-order chi connectivity index (χ1) is 7.23. The molecule has 0 aromatic heterocycles. The van der Waals surface area contributed by atoms with Gasteiger partial charge in [0.1, 0.15) is 0 Å². The largest absolute Gasteiger partial charge is 0.417 e. The van der Waals surface area contributed by atoms with Crippen molar-refractivity contribution in [1.82, 2.24) is 0 Å². The van der Waals surface area contributed by atoms with E-state index >= 15 is 0 Å². The van der Waals surface area contributed by atoms with Gasteiger partial charge in [0.2, 0.25) is 0 Å². The number of rotatable bonds is 2. The van der Waals surface area contributed by atoms with Gasteiger partial charge < -0.3 is 0 Å². The van der Waals surface area contributed by atoms with Gasteiger partial charge in [-0.2, -0.15) is 13.2 Å². The molecule has 1 aromatic carbocycles. The van der Waals surface area contributed by atoms with Crippen LogP contribution in [0.5, 0.6) is 0 Å². The Morgan fingerprint density at radius 3 is 2.38 bits per heavy atom. The minimum Gasteiger partial charge on any atom is -0.293 e. The molecule has 0 aliphatic rings. The Labute approximate surface area is 100 Å². The Balaban J connectivity index is 3.35. The highest BCUT2D eigenvalue weighted by Gasteiger charge is 2.35. The number of carbonyl (C=O) groups excluding carboxylic acids is 1. The van der Waals surface area contributed by atoms with Crippen molar-refractivity contribution < 1.29 is 18.0 Å². The number of alkyl halides is 4. The maximum absolute atomic E-state index is 12.6. The Morgan fingerprint density at radius 2 is 1.94 bits per heavy atom.